The molecule has 0 saturated heterocycles. The SMILES string of the molecule is CCn1c(CO)nn(-c2cc3c(cc2F)c(=O)c(-c2c(F)cccc2C(F)(F)F)nn3C(C)C)c1=O. The molecule has 13 heteroatoms. The first-order valence-corrected chi connectivity index (χ1v) is 10.8. The van der Waals surface area contributed by atoms with Gasteiger partial charge in [0.15, 0.2) is 5.82 Å². The maximum Gasteiger partial charge on any atom is 0.417 e. The highest BCUT2D eigenvalue weighted by molar-refractivity contribution is 5.85. The van der Waals surface area contributed by atoms with E-state index in [1.807, 2.05) is 0 Å². The van der Waals surface area contributed by atoms with Crippen molar-refractivity contribution in [3.63, 3.8) is 0 Å². The standard InChI is InChI=1S/C23H20F5N5O3/c1-4-31-18(10-34)29-33(22(31)36)17-9-16-12(8-15(17)25)21(35)20(30-32(16)11(2)3)19-13(23(26,27)28)6-5-7-14(19)24/h5-9,11,34H,4,10H2,1-3H3. The number of hydrogen-bond donors (Lipinski definition) is 1. The number of benzene rings is 2. The molecule has 0 amide bonds. The van der Waals surface area contributed by atoms with Crippen molar-refractivity contribution >= 4 is 10.9 Å². The second-order valence-electron chi connectivity index (χ2n) is 8.21. The Bertz CT molecular complexity index is 1600. The molecule has 190 valence electrons. The lowest BCUT2D eigenvalue weighted by atomic mass is 10.0. The second kappa shape index (κ2) is 8.97. The van der Waals surface area contributed by atoms with Crippen LogP contribution < -0.4 is 11.1 Å². The molecule has 0 fully saturated rings. The first-order chi connectivity index (χ1) is 16.9. The zero-order valence-electron chi connectivity index (χ0n) is 19.3. The minimum absolute atomic E-state index is 0.0106. The zero-order valence-corrected chi connectivity index (χ0v) is 19.3. The van der Waals surface area contributed by atoms with Gasteiger partial charge in [0.05, 0.1) is 22.0 Å². The number of nitrogens with zero attached hydrogens (tertiary/aromatic N) is 5. The van der Waals surface area contributed by atoms with Crippen LogP contribution >= 0.6 is 0 Å². The van der Waals surface area contributed by atoms with Crippen molar-refractivity contribution in [3.05, 3.63) is 74.1 Å². The van der Waals surface area contributed by atoms with Crippen LogP contribution in [0, 0.1) is 11.6 Å². The second-order valence-corrected chi connectivity index (χ2v) is 8.21. The molecule has 4 aromatic rings. The number of rotatable bonds is 5. The van der Waals surface area contributed by atoms with Gasteiger partial charge in [-0.05, 0) is 45.0 Å². The van der Waals surface area contributed by atoms with E-state index in [1.54, 1.807) is 20.8 Å². The number of alkyl halides is 3. The van der Waals surface area contributed by atoms with Crippen LogP contribution in [0.25, 0.3) is 27.8 Å². The van der Waals surface area contributed by atoms with E-state index in [4.69, 9.17) is 0 Å². The lowest BCUT2D eigenvalue weighted by Crippen LogP contribution is -2.25. The zero-order chi connectivity index (χ0) is 26.5. The third-order valence-electron chi connectivity index (χ3n) is 5.65. The Morgan fingerprint density at radius 1 is 1.06 bits per heavy atom. The van der Waals surface area contributed by atoms with E-state index in [1.165, 1.54) is 0 Å². The first kappa shape index (κ1) is 25.2. The van der Waals surface area contributed by atoms with Gasteiger partial charge in [0.25, 0.3) is 0 Å². The van der Waals surface area contributed by atoms with Crippen LogP contribution in [0.3, 0.4) is 0 Å². The Morgan fingerprint density at radius 3 is 2.31 bits per heavy atom. The van der Waals surface area contributed by atoms with E-state index in [2.05, 4.69) is 10.2 Å². The summed E-state index contributed by atoms with van der Waals surface area (Å²) in [6.07, 6.45) is -4.98. The molecule has 0 radical (unpaired) electrons. The summed E-state index contributed by atoms with van der Waals surface area (Å²) >= 11 is 0. The molecule has 0 atom stereocenters. The molecule has 0 aliphatic rings. The fraction of sp³-hybridized carbons (Fsp3) is 0.304. The molecular weight excluding hydrogens is 489 g/mol. The molecule has 2 aromatic heterocycles. The third kappa shape index (κ3) is 3.98. The summed E-state index contributed by atoms with van der Waals surface area (Å²) in [6, 6.07) is 3.57. The van der Waals surface area contributed by atoms with Crippen LogP contribution in [0.5, 0.6) is 0 Å². The average Bonchev–Trinajstić information content (AvgIpc) is 3.13. The van der Waals surface area contributed by atoms with Crippen molar-refractivity contribution in [2.75, 3.05) is 0 Å². The highest BCUT2D eigenvalue weighted by Crippen LogP contribution is 2.37. The van der Waals surface area contributed by atoms with Crippen LogP contribution in [-0.2, 0) is 19.3 Å². The molecule has 8 nitrogen and oxygen atoms in total. The number of aliphatic hydroxyl groups excluding tert-OH is 1. The van der Waals surface area contributed by atoms with Gasteiger partial charge < -0.3 is 5.11 Å². The van der Waals surface area contributed by atoms with E-state index in [0.29, 0.717) is 10.7 Å². The van der Waals surface area contributed by atoms with Crippen LogP contribution in [0.4, 0.5) is 22.0 Å². The highest BCUT2D eigenvalue weighted by atomic mass is 19.4. The first-order valence-electron chi connectivity index (χ1n) is 10.8. The van der Waals surface area contributed by atoms with E-state index in [9.17, 15) is 32.3 Å². The van der Waals surface area contributed by atoms with Crippen LogP contribution in [-0.4, -0.2) is 29.2 Å². The van der Waals surface area contributed by atoms with Gasteiger partial charge in [0.1, 0.15) is 29.6 Å². The third-order valence-corrected chi connectivity index (χ3v) is 5.65. The summed E-state index contributed by atoms with van der Waals surface area (Å²) < 4.78 is 73.8. The molecule has 4 rings (SSSR count). The molecule has 0 spiro atoms. The lowest BCUT2D eigenvalue weighted by molar-refractivity contribution is -0.137. The minimum atomic E-state index is -4.98. The molecule has 2 heterocycles. The number of halogens is 5. The van der Waals surface area contributed by atoms with Crippen molar-refractivity contribution in [1.29, 1.82) is 0 Å². The van der Waals surface area contributed by atoms with Crippen LogP contribution in [0.15, 0.2) is 39.9 Å². The molecule has 0 aliphatic heterocycles. The summed E-state index contributed by atoms with van der Waals surface area (Å²) in [5.41, 5.74) is -5.50. The summed E-state index contributed by atoms with van der Waals surface area (Å²) in [4.78, 5) is 26.0. The van der Waals surface area contributed by atoms with Crippen molar-refractivity contribution in [3.8, 4) is 16.9 Å². The number of fused-ring (bicyclic) bond motifs is 1. The lowest BCUT2D eigenvalue weighted by Gasteiger charge is -2.18. The van der Waals surface area contributed by atoms with Crippen molar-refractivity contribution in [2.45, 2.75) is 46.1 Å². The molecular formula is C23H20F5N5O3. The highest BCUT2D eigenvalue weighted by Gasteiger charge is 2.36. The largest absolute Gasteiger partial charge is 0.417 e. The van der Waals surface area contributed by atoms with E-state index in [0.717, 1.165) is 33.5 Å². The molecule has 1 N–H and O–H groups in total. The van der Waals surface area contributed by atoms with E-state index < -0.39 is 58.4 Å². The normalized spacial score (nSPS) is 12.2. The monoisotopic (exact) mass is 509 g/mol. The maximum absolute atomic E-state index is 15.2. The molecule has 0 saturated carbocycles. The summed E-state index contributed by atoms with van der Waals surface area (Å²) in [7, 11) is 0. The van der Waals surface area contributed by atoms with Crippen molar-refractivity contribution in [1.82, 2.24) is 24.1 Å². The van der Waals surface area contributed by atoms with Gasteiger partial charge in [-0.2, -0.15) is 23.0 Å². The molecule has 0 unspecified atom stereocenters. The molecule has 0 bridgehead atoms. The van der Waals surface area contributed by atoms with E-state index in [-0.39, 0.29) is 29.0 Å². The van der Waals surface area contributed by atoms with Gasteiger partial charge >= 0.3 is 11.9 Å². The summed E-state index contributed by atoms with van der Waals surface area (Å²) in [5, 5.41) is 17.1. The fourth-order valence-corrected chi connectivity index (χ4v) is 4.01. The van der Waals surface area contributed by atoms with Gasteiger partial charge in [-0.25, -0.2) is 13.6 Å². The topological polar surface area (TPSA) is 94.9 Å². The number of hydrogen-bond acceptors (Lipinski definition) is 5. The number of aromatic nitrogens is 5. The molecule has 2 aromatic carbocycles. The van der Waals surface area contributed by atoms with Crippen LogP contribution in [0.1, 0.15) is 38.2 Å². The Kier molecular flexibility index (Phi) is 6.29. The smallest absolute Gasteiger partial charge is 0.388 e. The quantitative estimate of drug-likeness (QED) is 0.413. The average molecular weight is 509 g/mol. The summed E-state index contributed by atoms with van der Waals surface area (Å²) in [5.74, 6) is -2.41. The Morgan fingerprint density at radius 2 is 1.75 bits per heavy atom. The minimum Gasteiger partial charge on any atom is -0.388 e. The van der Waals surface area contributed by atoms with Crippen molar-refractivity contribution in [2.24, 2.45) is 0 Å². The van der Waals surface area contributed by atoms with E-state index >= 15 is 4.39 Å². The van der Waals surface area contributed by atoms with Gasteiger partial charge in [-0.15, -0.1) is 5.10 Å². The molecule has 36 heavy (non-hydrogen) atoms. The summed E-state index contributed by atoms with van der Waals surface area (Å²) in [6.45, 7) is 4.41. The molecule has 0 aliphatic carbocycles. The van der Waals surface area contributed by atoms with Gasteiger partial charge in [0.2, 0.25) is 5.43 Å². The van der Waals surface area contributed by atoms with Gasteiger partial charge in [-0.1, -0.05) is 6.07 Å². The van der Waals surface area contributed by atoms with Crippen LogP contribution in [0.2, 0.25) is 0 Å². The van der Waals surface area contributed by atoms with Gasteiger partial charge in [-0.3, -0.25) is 14.0 Å². The predicted molar refractivity (Wildman–Crippen MR) is 120 cm³/mol. The van der Waals surface area contributed by atoms with Crippen molar-refractivity contribution < 1.29 is 27.1 Å². The Balaban J connectivity index is 2.09. The maximum atomic E-state index is 15.2. The fourth-order valence-electron chi connectivity index (χ4n) is 4.01. The van der Waals surface area contributed by atoms with Gasteiger partial charge in [0, 0.05) is 12.6 Å². The Hall–Kier alpha value is -3.87. The Labute approximate surface area is 199 Å². The predicted octanol–water partition coefficient (Wildman–Crippen LogP) is 3.80. The number of aliphatic hydroxyl groups is 1.